The smallest absolute Gasteiger partial charge is 0.257 e. The minimum atomic E-state index is -0.381. The molecule has 21 heavy (non-hydrogen) atoms. The highest BCUT2D eigenvalue weighted by molar-refractivity contribution is 5.94. The van der Waals surface area contributed by atoms with Gasteiger partial charge in [-0.2, -0.15) is 0 Å². The first-order chi connectivity index (χ1) is 10.2. The molecular formula is C15H21NO5. The van der Waals surface area contributed by atoms with Gasteiger partial charge in [-0.15, -0.1) is 0 Å². The Morgan fingerprint density at radius 2 is 2.43 bits per heavy atom. The summed E-state index contributed by atoms with van der Waals surface area (Å²) >= 11 is 0. The van der Waals surface area contributed by atoms with Gasteiger partial charge in [0.2, 0.25) is 0 Å². The number of hydrogen-bond acceptors (Lipinski definition) is 5. The average Bonchev–Trinajstić information content (AvgIpc) is 3.16. The van der Waals surface area contributed by atoms with E-state index in [0.717, 1.165) is 6.42 Å². The van der Waals surface area contributed by atoms with E-state index in [2.05, 4.69) is 0 Å². The number of nitrogens with zero attached hydrogens (tertiary/aromatic N) is 1. The van der Waals surface area contributed by atoms with Gasteiger partial charge in [0.25, 0.3) is 5.91 Å². The highest BCUT2D eigenvalue weighted by atomic mass is 16.5. The van der Waals surface area contributed by atoms with Crippen LogP contribution in [0, 0.1) is 0 Å². The van der Waals surface area contributed by atoms with Crippen molar-refractivity contribution < 1.29 is 23.4 Å². The van der Waals surface area contributed by atoms with Crippen molar-refractivity contribution in [3.8, 4) is 0 Å². The quantitative estimate of drug-likeness (QED) is 0.838. The second-order valence-corrected chi connectivity index (χ2v) is 5.54. The van der Waals surface area contributed by atoms with E-state index in [1.54, 1.807) is 6.07 Å². The molecule has 3 heterocycles. The van der Waals surface area contributed by atoms with Gasteiger partial charge in [0.15, 0.2) is 0 Å². The van der Waals surface area contributed by atoms with Crippen LogP contribution in [0.25, 0.3) is 0 Å². The maximum Gasteiger partial charge on any atom is 0.257 e. The summed E-state index contributed by atoms with van der Waals surface area (Å²) in [5, 5.41) is 0. The van der Waals surface area contributed by atoms with Crippen LogP contribution in [-0.2, 0) is 14.2 Å². The van der Waals surface area contributed by atoms with E-state index in [1.165, 1.54) is 12.5 Å². The number of furan rings is 1. The molecule has 1 aromatic heterocycles. The molecule has 1 spiro atoms. The highest BCUT2D eigenvalue weighted by Gasteiger charge is 2.49. The molecule has 1 aromatic rings. The zero-order valence-corrected chi connectivity index (χ0v) is 12.2. The van der Waals surface area contributed by atoms with Crippen molar-refractivity contribution in [2.75, 3.05) is 39.6 Å². The van der Waals surface area contributed by atoms with Crippen molar-refractivity contribution in [1.29, 1.82) is 0 Å². The summed E-state index contributed by atoms with van der Waals surface area (Å²) in [7, 11) is 0. The number of ether oxygens (including phenoxy) is 3. The van der Waals surface area contributed by atoms with E-state index >= 15 is 0 Å². The highest BCUT2D eigenvalue weighted by Crippen LogP contribution is 2.34. The van der Waals surface area contributed by atoms with Gasteiger partial charge in [-0.1, -0.05) is 0 Å². The Bertz CT molecular complexity index is 474. The molecule has 2 aliphatic rings. The predicted molar refractivity (Wildman–Crippen MR) is 74.1 cm³/mol. The summed E-state index contributed by atoms with van der Waals surface area (Å²) in [6.07, 6.45) is 3.77. The van der Waals surface area contributed by atoms with Crippen molar-refractivity contribution in [3.05, 3.63) is 24.2 Å². The molecule has 0 radical (unpaired) electrons. The third-order valence-electron chi connectivity index (χ3n) is 4.12. The zero-order valence-electron chi connectivity index (χ0n) is 12.2. The van der Waals surface area contributed by atoms with Crippen LogP contribution < -0.4 is 0 Å². The van der Waals surface area contributed by atoms with Gasteiger partial charge in [0, 0.05) is 19.6 Å². The van der Waals surface area contributed by atoms with E-state index in [4.69, 9.17) is 18.6 Å². The topological polar surface area (TPSA) is 61.1 Å². The van der Waals surface area contributed by atoms with Gasteiger partial charge >= 0.3 is 0 Å². The van der Waals surface area contributed by atoms with Crippen LogP contribution in [0.3, 0.4) is 0 Å². The summed E-state index contributed by atoms with van der Waals surface area (Å²) in [4.78, 5) is 14.5. The molecule has 0 bridgehead atoms. The van der Waals surface area contributed by atoms with Crippen LogP contribution in [0.5, 0.6) is 0 Å². The maximum atomic E-state index is 12.7. The van der Waals surface area contributed by atoms with E-state index in [-0.39, 0.29) is 17.6 Å². The predicted octanol–water partition coefficient (Wildman–Crippen LogP) is 1.32. The molecule has 3 rings (SSSR count). The lowest BCUT2D eigenvalue weighted by Crippen LogP contribution is -2.59. The Labute approximate surface area is 123 Å². The molecule has 0 N–H and O–H groups in total. The molecule has 116 valence electrons. The normalized spacial score (nSPS) is 29.2. The fourth-order valence-corrected chi connectivity index (χ4v) is 3.05. The van der Waals surface area contributed by atoms with Crippen LogP contribution in [0.1, 0.15) is 23.7 Å². The lowest BCUT2D eigenvalue weighted by molar-refractivity contribution is -0.0559. The Hall–Kier alpha value is -1.37. The van der Waals surface area contributed by atoms with Crippen molar-refractivity contribution >= 4 is 5.91 Å². The van der Waals surface area contributed by atoms with E-state index < -0.39 is 0 Å². The Kier molecular flexibility index (Phi) is 4.28. The Morgan fingerprint density at radius 1 is 1.52 bits per heavy atom. The van der Waals surface area contributed by atoms with Crippen LogP contribution in [0.4, 0.5) is 0 Å². The minimum Gasteiger partial charge on any atom is -0.472 e. The molecule has 2 saturated heterocycles. The summed E-state index contributed by atoms with van der Waals surface area (Å²) in [6.45, 7) is 5.33. The maximum absolute atomic E-state index is 12.7. The zero-order chi connectivity index (χ0) is 14.7. The summed E-state index contributed by atoms with van der Waals surface area (Å²) in [6, 6.07) is 1.69. The largest absolute Gasteiger partial charge is 0.472 e. The van der Waals surface area contributed by atoms with Crippen LogP contribution in [0.2, 0.25) is 0 Å². The van der Waals surface area contributed by atoms with Gasteiger partial charge in [-0.3, -0.25) is 4.79 Å². The van der Waals surface area contributed by atoms with Crippen molar-refractivity contribution in [1.82, 2.24) is 4.90 Å². The second kappa shape index (κ2) is 6.17. The Balaban J connectivity index is 1.74. The third-order valence-corrected chi connectivity index (χ3v) is 4.12. The standard InChI is InChI=1S/C15H21NO5/c1-2-18-9-13-7-15(11-21-13)10-20-6-4-16(15)14(17)12-3-5-19-8-12/h3,5,8,13H,2,4,6-7,9-11H2,1H3. The van der Waals surface area contributed by atoms with E-state index in [9.17, 15) is 4.79 Å². The average molecular weight is 295 g/mol. The van der Waals surface area contributed by atoms with Crippen LogP contribution in [0.15, 0.2) is 23.0 Å². The fraction of sp³-hybridized carbons (Fsp3) is 0.667. The molecule has 1 amide bonds. The van der Waals surface area contributed by atoms with Crippen molar-refractivity contribution in [3.63, 3.8) is 0 Å². The van der Waals surface area contributed by atoms with Crippen LogP contribution in [-0.4, -0.2) is 62.0 Å². The van der Waals surface area contributed by atoms with E-state index in [0.29, 0.717) is 45.1 Å². The summed E-state index contributed by atoms with van der Waals surface area (Å²) < 4.78 is 21.9. The van der Waals surface area contributed by atoms with Gasteiger partial charge in [-0.05, 0) is 13.0 Å². The van der Waals surface area contributed by atoms with Gasteiger partial charge < -0.3 is 23.5 Å². The molecule has 0 aromatic carbocycles. The van der Waals surface area contributed by atoms with E-state index in [1.807, 2.05) is 11.8 Å². The fourth-order valence-electron chi connectivity index (χ4n) is 3.05. The number of amides is 1. The van der Waals surface area contributed by atoms with Gasteiger partial charge in [0.1, 0.15) is 6.26 Å². The molecule has 0 saturated carbocycles. The lowest BCUT2D eigenvalue weighted by atomic mass is 9.92. The number of morpholine rings is 1. The molecule has 2 atom stereocenters. The first-order valence-electron chi connectivity index (χ1n) is 7.36. The Morgan fingerprint density at radius 3 is 3.19 bits per heavy atom. The SMILES string of the molecule is CCOCC1CC2(COCCN2C(=O)c2ccoc2)CO1. The first-order valence-corrected chi connectivity index (χ1v) is 7.36. The van der Waals surface area contributed by atoms with Crippen molar-refractivity contribution in [2.24, 2.45) is 0 Å². The van der Waals surface area contributed by atoms with Crippen LogP contribution >= 0.6 is 0 Å². The molecule has 0 aliphatic carbocycles. The number of rotatable bonds is 4. The summed E-state index contributed by atoms with van der Waals surface area (Å²) in [5.74, 6) is -0.0206. The number of carbonyl (C=O) groups is 1. The number of carbonyl (C=O) groups excluding carboxylic acids is 1. The summed E-state index contributed by atoms with van der Waals surface area (Å²) in [5.41, 5.74) is 0.193. The molecular weight excluding hydrogens is 274 g/mol. The molecule has 6 nitrogen and oxygen atoms in total. The second-order valence-electron chi connectivity index (χ2n) is 5.54. The van der Waals surface area contributed by atoms with Crippen molar-refractivity contribution in [2.45, 2.75) is 25.0 Å². The van der Waals surface area contributed by atoms with Gasteiger partial charge in [0.05, 0.1) is 49.9 Å². The number of hydrogen-bond donors (Lipinski definition) is 0. The minimum absolute atomic E-state index is 0.0197. The molecule has 2 aliphatic heterocycles. The lowest BCUT2D eigenvalue weighted by Gasteiger charge is -2.43. The monoisotopic (exact) mass is 295 g/mol. The first kappa shape index (κ1) is 14.6. The van der Waals surface area contributed by atoms with Gasteiger partial charge in [-0.25, -0.2) is 0 Å². The molecule has 2 fully saturated rings. The molecule has 2 unspecified atom stereocenters. The third kappa shape index (κ3) is 2.84. The molecule has 6 heteroatoms.